The predicted octanol–water partition coefficient (Wildman–Crippen LogP) is 2.38. The van der Waals surface area contributed by atoms with Crippen LogP contribution in [0, 0.1) is 20.2 Å². The van der Waals surface area contributed by atoms with E-state index in [-0.39, 0.29) is 11.4 Å². The van der Waals surface area contributed by atoms with Crippen molar-refractivity contribution in [2.75, 3.05) is 0 Å². The monoisotopic (exact) mass is 328 g/mol. The highest BCUT2D eigenvalue weighted by Crippen LogP contribution is 2.11. The molecule has 0 aliphatic carbocycles. The molecule has 0 amide bonds. The van der Waals surface area contributed by atoms with Crippen LogP contribution < -0.4 is 0 Å². The zero-order chi connectivity index (χ0) is 17.0. The van der Waals surface area contributed by atoms with Gasteiger partial charge in [-0.05, 0) is 0 Å². The summed E-state index contributed by atoms with van der Waals surface area (Å²) in [6, 6.07) is 15.9. The minimum Gasteiger partial charge on any atom is -0.328 e. The molecule has 2 aromatic rings. The van der Waals surface area contributed by atoms with Gasteiger partial charge in [-0.2, -0.15) is 0 Å². The lowest BCUT2D eigenvalue weighted by molar-refractivity contribution is -0.385. The molecular formula is C12H13N2O7P. The number of hydrogen-bond donors (Lipinski definition) is 3. The van der Waals surface area contributed by atoms with Crippen molar-refractivity contribution in [1.29, 1.82) is 0 Å². The average Bonchev–Trinajstić information content (AvgIpc) is 2.49. The van der Waals surface area contributed by atoms with Gasteiger partial charge in [0.1, 0.15) is 0 Å². The van der Waals surface area contributed by atoms with Crippen molar-refractivity contribution in [3.8, 4) is 0 Å². The topological polar surface area (TPSA) is 147 Å². The average molecular weight is 328 g/mol. The first-order valence-electron chi connectivity index (χ1n) is 5.60. The number of benzene rings is 2. The fourth-order valence-electron chi connectivity index (χ4n) is 1.10. The van der Waals surface area contributed by atoms with Gasteiger partial charge >= 0.3 is 8.60 Å². The Morgan fingerprint density at radius 3 is 1.05 bits per heavy atom. The summed E-state index contributed by atoms with van der Waals surface area (Å²) in [5.74, 6) is 0. The first-order chi connectivity index (χ1) is 10.3. The van der Waals surface area contributed by atoms with Gasteiger partial charge in [0.15, 0.2) is 0 Å². The van der Waals surface area contributed by atoms with Crippen molar-refractivity contribution < 1.29 is 24.5 Å². The van der Waals surface area contributed by atoms with Crippen LogP contribution in [0.3, 0.4) is 0 Å². The second kappa shape index (κ2) is 11.2. The van der Waals surface area contributed by atoms with Crippen LogP contribution in [0.25, 0.3) is 0 Å². The van der Waals surface area contributed by atoms with Gasteiger partial charge in [-0.15, -0.1) is 0 Å². The number of nitro groups is 2. The Kier molecular flexibility index (Phi) is 9.98. The van der Waals surface area contributed by atoms with Crippen LogP contribution in [0.15, 0.2) is 60.7 Å². The highest BCUT2D eigenvalue weighted by atomic mass is 31.2. The summed E-state index contributed by atoms with van der Waals surface area (Å²) in [4.78, 5) is 40.9. The molecule has 0 saturated heterocycles. The van der Waals surface area contributed by atoms with Crippen LogP contribution in [-0.4, -0.2) is 24.5 Å². The van der Waals surface area contributed by atoms with E-state index in [2.05, 4.69) is 0 Å². The molecular weight excluding hydrogens is 315 g/mol. The van der Waals surface area contributed by atoms with Crippen LogP contribution in [0.2, 0.25) is 0 Å². The van der Waals surface area contributed by atoms with Gasteiger partial charge in [0.05, 0.1) is 9.85 Å². The largest absolute Gasteiger partial charge is 0.328 e. The molecule has 0 aliphatic rings. The van der Waals surface area contributed by atoms with Gasteiger partial charge in [-0.3, -0.25) is 20.2 Å². The Morgan fingerprint density at radius 2 is 0.909 bits per heavy atom. The number of hydrogen-bond acceptors (Lipinski definition) is 7. The summed E-state index contributed by atoms with van der Waals surface area (Å²) >= 11 is 0. The van der Waals surface area contributed by atoms with Crippen molar-refractivity contribution in [3.05, 3.63) is 80.9 Å². The van der Waals surface area contributed by atoms with E-state index in [4.69, 9.17) is 14.7 Å². The van der Waals surface area contributed by atoms with Gasteiger partial charge in [0.2, 0.25) is 0 Å². The number of para-hydroxylation sites is 2. The molecule has 3 N–H and O–H groups in total. The summed E-state index contributed by atoms with van der Waals surface area (Å²) < 4.78 is 0. The molecule has 0 atom stereocenters. The first-order valence-corrected chi connectivity index (χ1v) is 6.80. The summed E-state index contributed by atoms with van der Waals surface area (Å²) in [6.07, 6.45) is 0. The second-order valence-electron chi connectivity index (χ2n) is 3.45. The molecule has 0 spiro atoms. The van der Waals surface area contributed by atoms with Crippen molar-refractivity contribution in [1.82, 2.24) is 0 Å². The molecule has 9 nitrogen and oxygen atoms in total. The lowest BCUT2D eigenvalue weighted by Gasteiger charge is -1.85. The van der Waals surface area contributed by atoms with Gasteiger partial charge < -0.3 is 14.7 Å². The van der Waals surface area contributed by atoms with E-state index in [0.29, 0.717) is 0 Å². The molecule has 0 aliphatic heterocycles. The Balaban J connectivity index is 0.000000326. The molecule has 0 aromatic heterocycles. The van der Waals surface area contributed by atoms with Gasteiger partial charge in [0, 0.05) is 24.3 Å². The van der Waals surface area contributed by atoms with Crippen molar-refractivity contribution in [3.63, 3.8) is 0 Å². The van der Waals surface area contributed by atoms with E-state index >= 15 is 0 Å². The lowest BCUT2D eigenvalue weighted by Crippen LogP contribution is -1.84. The van der Waals surface area contributed by atoms with Crippen LogP contribution in [-0.2, 0) is 0 Å². The van der Waals surface area contributed by atoms with Crippen LogP contribution in [0.5, 0.6) is 0 Å². The Hall–Kier alpha value is -2.45. The summed E-state index contributed by atoms with van der Waals surface area (Å²) in [6.45, 7) is 0. The maximum atomic E-state index is 10.0. The summed E-state index contributed by atoms with van der Waals surface area (Å²) in [7, 11) is -2.62. The normalized spacial score (nSPS) is 8.91. The third-order valence-electron chi connectivity index (χ3n) is 1.93. The lowest BCUT2D eigenvalue weighted by atomic mass is 10.3. The van der Waals surface area contributed by atoms with Gasteiger partial charge in [-0.25, -0.2) is 0 Å². The smallest absolute Gasteiger partial charge is 0.324 e. The fourth-order valence-corrected chi connectivity index (χ4v) is 1.10. The van der Waals surface area contributed by atoms with E-state index in [1.807, 2.05) is 0 Å². The summed E-state index contributed by atoms with van der Waals surface area (Å²) in [5, 5.41) is 20.0. The minimum atomic E-state index is -2.62. The maximum Gasteiger partial charge on any atom is 0.324 e. The van der Waals surface area contributed by atoms with Gasteiger partial charge in [-0.1, -0.05) is 36.4 Å². The van der Waals surface area contributed by atoms with Crippen molar-refractivity contribution in [2.24, 2.45) is 0 Å². The predicted molar refractivity (Wildman–Crippen MR) is 79.8 cm³/mol. The molecule has 0 unspecified atom stereocenters. The zero-order valence-electron chi connectivity index (χ0n) is 11.1. The molecule has 0 saturated carbocycles. The van der Waals surface area contributed by atoms with E-state index < -0.39 is 18.4 Å². The Labute approximate surface area is 126 Å². The number of nitro benzene ring substituents is 2. The Morgan fingerprint density at radius 1 is 0.682 bits per heavy atom. The molecule has 10 heteroatoms. The number of non-ortho nitro benzene ring substituents is 2. The molecule has 0 bridgehead atoms. The van der Waals surface area contributed by atoms with E-state index in [0.717, 1.165) is 0 Å². The molecule has 118 valence electrons. The Bertz CT molecular complexity index is 514. The minimum absolute atomic E-state index is 0.137. The van der Waals surface area contributed by atoms with Crippen LogP contribution in [0.4, 0.5) is 11.4 Å². The number of nitrogens with zero attached hydrogens (tertiary/aromatic N) is 2. The third-order valence-corrected chi connectivity index (χ3v) is 1.93. The quantitative estimate of drug-likeness (QED) is 0.435. The van der Waals surface area contributed by atoms with Gasteiger partial charge in [0.25, 0.3) is 11.4 Å². The molecule has 0 fully saturated rings. The highest BCUT2D eigenvalue weighted by Gasteiger charge is 1.99. The molecule has 2 aromatic carbocycles. The van der Waals surface area contributed by atoms with E-state index in [9.17, 15) is 20.2 Å². The first kappa shape index (κ1) is 19.6. The molecule has 2 rings (SSSR count). The van der Waals surface area contributed by atoms with Crippen molar-refractivity contribution in [2.45, 2.75) is 0 Å². The fraction of sp³-hybridized carbons (Fsp3) is 0. The van der Waals surface area contributed by atoms with E-state index in [1.165, 1.54) is 24.3 Å². The SMILES string of the molecule is O=[N+]([O-])c1ccccc1.O=[N+]([O-])c1ccccc1.OP(O)O. The zero-order valence-corrected chi connectivity index (χ0v) is 12.0. The highest BCUT2D eigenvalue weighted by molar-refractivity contribution is 7.38. The maximum absolute atomic E-state index is 10.0. The second-order valence-corrected chi connectivity index (χ2v) is 3.99. The molecule has 0 heterocycles. The van der Waals surface area contributed by atoms with E-state index in [1.54, 1.807) is 36.4 Å². The standard InChI is InChI=1S/2C6H5NO2.H3O3P/c2*8-7(9)6-4-2-1-3-5-6;1-4(2)3/h2*1-5H;1-3H. The van der Waals surface area contributed by atoms with Crippen LogP contribution in [0.1, 0.15) is 0 Å². The number of rotatable bonds is 2. The summed E-state index contributed by atoms with van der Waals surface area (Å²) in [5.41, 5.74) is 0.273. The van der Waals surface area contributed by atoms with Crippen molar-refractivity contribution >= 4 is 20.0 Å². The third kappa shape index (κ3) is 10.4. The molecule has 0 radical (unpaired) electrons. The van der Waals surface area contributed by atoms with Crippen LogP contribution >= 0.6 is 8.60 Å². The molecule has 22 heavy (non-hydrogen) atoms.